The first kappa shape index (κ1) is 12.9. The Bertz CT molecular complexity index is 374. The van der Waals surface area contributed by atoms with E-state index < -0.39 is 0 Å². The number of nitrogens with zero attached hydrogens (tertiary/aromatic N) is 2. The summed E-state index contributed by atoms with van der Waals surface area (Å²) in [5.74, 6) is 2.07. The molecule has 0 bridgehead atoms. The maximum Gasteiger partial charge on any atom is 0.131 e. The van der Waals surface area contributed by atoms with Crippen LogP contribution in [0.4, 0.5) is 5.82 Å². The zero-order valence-electron chi connectivity index (χ0n) is 10.7. The Hall–Kier alpha value is -0.570. The van der Waals surface area contributed by atoms with E-state index in [1.165, 1.54) is 42.8 Å². The Balaban J connectivity index is 2.11. The van der Waals surface area contributed by atoms with Gasteiger partial charge in [-0.15, -0.1) is 0 Å². The fourth-order valence-corrected chi connectivity index (χ4v) is 2.69. The molecule has 2 rings (SSSR count). The molecule has 0 N–H and O–H groups in total. The lowest BCUT2D eigenvalue weighted by Crippen LogP contribution is -2.33. The van der Waals surface area contributed by atoms with E-state index >= 15 is 0 Å². The van der Waals surface area contributed by atoms with Crippen LogP contribution in [0, 0.1) is 12.8 Å². The van der Waals surface area contributed by atoms with Crippen LogP contribution in [0.2, 0.25) is 0 Å². The first-order valence-corrected chi connectivity index (χ1v) is 7.63. The zero-order chi connectivity index (χ0) is 12.3. The van der Waals surface area contributed by atoms with Gasteiger partial charge in [-0.05, 0) is 43.7 Å². The van der Waals surface area contributed by atoms with Crippen molar-refractivity contribution in [2.24, 2.45) is 5.92 Å². The SMILES string of the molecule is CCN(CC1CCC1)c1ncc(CBr)cc1C. The highest BCUT2D eigenvalue weighted by molar-refractivity contribution is 9.08. The van der Waals surface area contributed by atoms with Crippen LogP contribution in [0.3, 0.4) is 0 Å². The van der Waals surface area contributed by atoms with Gasteiger partial charge in [-0.1, -0.05) is 28.4 Å². The number of pyridine rings is 1. The number of hydrogen-bond acceptors (Lipinski definition) is 2. The number of rotatable bonds is 5. The zero-order valence-corrected chi connectivity index (χ0v) is 12.3. The summed E-state index contributed by atoms with van der Waals surface area (Å²) in [5.41, 5.74) is 2.55. The minimum Gasteiger partial charge on any atom is -0.356 e. The minimum atomic E-state index is 0.885. The van der Waals surface area contributed by atoms with E-state index in [1.807, 2.05) is 6.20 Å². The van der Waals surface area contributed by atoms with Crippen LogP contribution >= 0.6 is 15.9 Å². The first-order valence-electron chi connectivity index (χ1n) is 6.51. The fourth-order valence-electron chi connectivity index (χ4n) is 2.38. The highest BCUT2D eigenvalue weighted by atomic mass is 79.9. The molecule has 2 nitrogen and oxygen atoms in total. The third-order valence-corrected chi connectivity index (χ3v) is 4.29. The Morgan fingerprint density at radius 1 is 1.47 bits per heavy atom. The molecule has 0 radical (unpaired) electrons. The second kappa shape index (κ2) is 5.85. The Morgan fingerprint density at radius 3 is 2.71 bits per heavy atom. The number of aromatic nitrogens is 1. The summed E-state index contributed by atoms with van der Waals surface area (Å²) in [6, 6.07) is 2.24. The van der Waals surface area contributed by atoms with E-state index in [9.17, 15) is 0 Å². The maximum atomic E-state index is 4.63. The lowest BCUT2D eigenvalue weighted by Gasteiger charge is -2.33. The van der Waals surface area contributed by atoms with Crippen molar-refractivity contribution in [2.45, 2.75) is 38.4 Å². The number of halogens is 1. The van der Waals surface area contributed by atoms with Crippen molar-refractivity contribution < 1.29 is 0 Å². The molecule has 3 heteroatoms. The molecule has 1 fully saturated rings. The Labute approximate surface area is 113 Å². The van der Waals surface area contributed by atoms with Crippen molar-refractivity contribution in [3.05, 3.63) is 23.4 Å². The average Bonchev–Trinajstić information content (AvgIpc) is 2.29. The van der Waals surface area contributed by atoms with E-state index in [4.69, 9.17) is 0 Å². The second-order valence-corrected chi connectivity index (χ2v) is 5.51. The lowest BCUT2D eigenvalue weighted by atomic mass is 9.85. The number of anilines is 1. The summed E-state index contributed by atoms with van der Waals surface area (Å²) in [4.78, 5) is 7.06. The summed E-state index contributed by atoms with van der Waals surface area (Å²) < 4.78 is 0. The van der Waals surface area contributed by atoms with E-state index in [0.717, 1.165) is 17.8 Å². The standard InChI is InChI=1S/C14H21BrN2/c1-3-17(10-12-5-4-6-12)14-11(2)7-13(8-15)9-16-14/h7,9,12H,3-6,8,10H2,1-2H3. The monoisotopic (exact) mass is 296 g/mol. The van der Waals surface area contributed by atoms with Crippen LogP contribution in [0.15, 0.2) is 12.3 Å². The van der Waals surface area contributed by atoms with Gasteiger partial charge in [0.05, 0.1) is 0 Å². The van der Waals surface area contributed by atoms with Crippen LogP contribution in [-0.2, 0) is 5.33 Å². The lowest BCUT2D eigenvalue weighted by molar-refractivity contribution is 0.318. The van der Waals surface area contributed by atoms with E-state index in [2.05, 4.69) is 45.7 Å². The molecule has 1 saturated carbocycles. The van der Waals surface area contributed by atoms with Gasteiger partial charge in [0.1, 0.15) is 5.82 Å². The van der Waals surface area contributed by atoms with Gasteiger partial charge in [0.15, 0.2) is 0 Å². The molecule has 0 spiro atoms. The molecule has 0 aliphatic heterocycles. The van der Waals surface area contributed by atoms with Crippen molar-refractivity contribution in [3.63, 3.8) is 0 Å². The second-order valence-electron chi connectivity index (χ2n) is 4.95. The van der Waals surface area contributed by atoms with Crippen molar-refractivity contribution >= 4 is 21.7 Å². The van der Waals surface area contributed by atoms with Gasteiger partial charge >= 0.3 is 0 Å². The van der Waals surface area contributed by atoms with Crippen LogP contribution < -0.4 is 4.90 Å². The third-order valence-electron chi connectivity index (χ3n) is 3.65. The minimum absolute atomic E-state index is 0.885. The van der Waals surface area contributed by atoms with Crippen molar-refractivity contribution in [3.8, 4) is 0 Å². The molecule has 0 amide bonds. The summed E-state index contributed by atoms with van der Waals surface area (Å²) in [6.07, 6.45) is 6.20. The molecular weight excluding hydrogens is 276 g/mol. The van der Waals surface area contributed by atoms with Crippen LogP contribution in [0.25, 0.3) is 0 Å². The van der Waals surface area contributed by atoms with E-state index in [1.54, 1.807) is 0 Å². The van der Waals surface area contributed by atoms with Gasteiger partial charge < -0.3 is 4.90 Å². The van der Waals surface area contributed by atoms with Gasteiger partial charge in [0, 0.05) is 24.6 Å². The largest absolute Gasteiger partial charge is 0.356 e. The summed E-state index contributed by atoms with van der Waals surface area (Å²) >= 11 is 3.48. The normalized spacial score (nSPS) is 15.7. The van der Waals surface area contributed by atoms with Crippen LogP contribution in [0.5, 0.6) is 0 Å². The maximum absolute atomic E-state index is 4.63. The highest BCUT2D eigenvalue weighted by Crippen LogP contribution is 2.29. The van der Waals surface area contributed by atoms with Crippen LogP contribution in [-0.4, -0.2) is 18.1 Å². The molecule has 0 atom stereocenters. The summed E-state index contributed by atoms with van der Waals surface area (Å²) in [5, 5.41) is 0.885. The molecule has 0 unspecified atom stereocenters. The molecule has 0 saturated heterocycles. The van der Waals surface area contributed by atoms with E-state index in [-0.39, 0.29) is 0 Å². The molecule has 1 aromatic heterocycles. The summed E-state index contributed by atoms with van der Waals surface area (Å²) in [7, 11) is 0. The molecule has 1 aromatic rings. The Morgan fingerprint density at radius 2 is 2.24 bits per heavy atom. The Kier molecular flexibility index (Phi) is 4.43. The van der Waals surface area contributed by atoms with Crippen molar-refractivity contribution in [2.75, 3.05) is 18.0 Å². The van der Waals surface area contributed by atoms with Crippen molar-refractivity contribution in [1.29, 1.82) is 0 Å². The average molecular weight is 297 g/mol. The van der Waals surface area contributed by atoms with E-state index in [0.29, 0.717) is 0 Å². The van der Waals surface area contributed by atoms with Gasteiger partial charge in [-0.25, -0.2) is 4.98 Å². The fraction of sp³-hybridized carbons (Fsp3) is 0.643. The summed E-state index contributed by atoms with van der Waals surface area (Å²) in [6.45, 7) is 6.62. The predicted octanol–water partition coefficient (Wildman–Crippen LogP) is 3.91. The quantitative estimate of drug-likeness (QED) is 0.766. The molecular formula is C14H21BrN2. The molecule has 1 aliphatic rings. The number of hydrogen-bond donors (Lipinski definition) is 0. The molecule has 17 heavy (non-hydrogen) atoms. The molecule has 94 valence electrons. The van der Waals surface area contributed by atoms with Gasteiger partial charge in [-0.3, -0.25) is 0 Å². The van der Waals surface area contributed by atoms with Crippen LogP contribution in [0.1, 0.15) is 37.3 Å². The van der Waals surface area contributed by atoms with Crippen molar-refractivity contribution in [1.82, 2.24) is 4.98 Å². The first-order chi connectivity index (χ1) is 8.24. The third kappa shape index (κ3) is 3.01. The topological polar surface area (TPSA) is 16.1 Å². The molecule has 1 aliphatic carbocycles. The highest BCUT2D eigenvalue weighted by Gasteiger charge is 2.21. The van der Waals surface area contributed by atoms with Gasteiger partial charge in [0.2, 0.25) is 0 Å². The molecule has 1 heterocycles. The van der Waals surface area contributed by atoms with Gasteiger partial charge in [-0.2, -0.15) is 0 Å². The smallest absolute Gasteiger partial charge is 0.131 e. The van der Waals surface area contributed by atoms with Gasteiger partial charge in [0.25, 0.3) is 0 Å². The number of alkyl halides is 1. The predicted molar refractivity (Wildman–Crippen MR) is 76.8 cm³/mol. The number of aryl methyl sites for hydroxylation is 1. The molecule has 0 aromatic carbocycles.